The van der Waals surface area contributed by atoms with E-state index in [1.165, 1.54) is 16.0 Å². The van der Waals surface area contributed by atoms with Crippen LogP contribution in [0, 0.1) is 5.41 Å². The number of fused-ring (bicyclic) bond motifs is 2. The van der Waals surface area contributed by atoms with Crippen LogP contribution in [-0.2, 0) is 60.9 Å². The first-order valence-electron chi connectivity index (χ1n) is 28.9. The van der Waals surface area contributed by atoms with E-state index >= 15 is 0 Å². The van der Waals surface area contributed by atoms with Crippen molar-refractivity contribution in [3.63, 3.8) is 0 Å². The van der Waals surface area contributed by atoms with Crippen LogP contribution in [0.15, 0.2) is 97.1 Å². The van der Waals surface area contributed by atoms with Crippen molar-refractivity contribution in [3.05, 3.63) is 142 Å². The molecular weight excluding hydrogens is 1020 g/mol. The fourth-order valence-electron chi connectivity index (χ4n) is 12.0. The number of hydrogen-bond donors (Lipinski definition) is 7. The third-order valence-corrected chi connectivity index (χ3v) is 19.6. The molecule has 2 aliphatic heterocycles. The van der Waals surface area contributed by atoms with Crippen molar-refractivity contribution in [2.45, 2.75) is 172 Å². The predicted molar refractivity (Wildman–Crippen MR) is 314 cm³/mol. The van der Waals surface area contributed by atoms with Crippen LogP contribution in [0.2, 0.25) is 19.1 Å². The van der Waals surface area contributed by atoms with Crippen molar-refractivity contribution in [2.24, 2.45) is 5.41 Å². The van der Waals surface area contributed by atoms with Gasteiger partial charge in [0, 0.05) is 30.7 Å². The van der Waals surface area contributed by atoms with Gasteiger partial charge in [0.2, 0.25) is 35.4 Å². The van der Waals surface area contributed by atoms with Crippen LogP contribution < -0.4 is 37.2 Å². The Morgan fingerprint density at radius 2 is 1.11 bits per heavy atom. The topological polar surface area (TPSA) is 210 Å². The van der Waals surface area contributed by atoms with Crippen LogP contribution in [-0.4, -0.2) is 128 Å². The molecule has 4 aromatic carbocycles. The lowest BCUT2D eigenvalue weighted by molar-refractivity contribution is -0.144. The molecule has 16 nitrogen and oxygen atoms in total. The number of likely N-dealkylation sites (N-methyl/N-ethyl adjacent to an activating group) is 2. The molecule has 17 heteroatoms. The molecule has 7 N–H and O–H groups in total. The highest BCUT2D eigenvalue weighted by atomic mass is 28.3. The van der Waals surface area contributed by atoms with Crippen LogP contribution in [0.25, 0.3) is 0 Å². The van der Waals surface area contributed by atoms with Gasteiger partial charge in [0.15, 0.2) is 0 Å². The van der Waals surface area contributed by atoms with Gasteiger partial charge in [-0.25, -0.2) is 0 Å². The highest BCUT2D eigenvalue weighted by Crippen LogP contribution is 2.34. The number of nitrogens with one attached hydrogen (secondary N) is 7. The molecule has 0 radical (unpaired) electrons. The summed E-state index contributed by atoms with van der Waals surface area (Å²) in [5.41, 5.74) is 7.43. The highest BCUT2D eigenvalue weighted by molar-refractivity contribution is 6.79. The van der Waals surface area contributed by atoms with Gasteiger partial charge in [-0.2, -0.15) is 0 Å². The van der Waals surface area contributed by atoms with E-state index in [0.29, 0.717) is 30.6 Å². The van der Waals surface area contributed by atoms with E-state index in [0.717, 1.165) is 66.3 Å². The van der Waals surface area contributed by atoms with Crippen LogP contribution in [0.1, 0.15) is 128 Å². The van der Waals surface area contributed by atoms with E-state index in [9.17, 15) is 33.6 Å². The van der Waals surface area contributed by atoms with E-state index in [1.54, 1.807) is 45.0 Å². The zero-order valence-corrected chi connectivity index (χ0v) is 49.4. The molecule has 0 aromatic heterocycles. The number of rotatable bonds is 19. The molecule has 0 bridgehead atoms. The summed E-state index contributed by atoms with van der Waals surface area (Å²) < 4.78 is 0. The standard InChI is InChI=1S/C63H85N9O7Si/c1-39(64-6)56(73)69-52(61(78)72-38-80(8,9)37-54(72)60(77)68-51-23-15-19-45-17-11-13-21-49(45)51)34-43-28-26-41(27-29-43)24-25-42-30-32-46(33-31-42)58(75)66-47-35-53(59(76)67-50-22-14-18-44-16-10-12-20-48(44)50)71(36-47)62(79)55(63(3,4)5)70-57(74)40(2)65-7/h10-13,16-17,20-21,26-33,39-40,47,50-55,64-65H,14-15,18-19,22-25,34-38H2,1-9H3,(H,66,75)(H,67,76)(H,68,77)(H,69,73)(H,70,74). The summed E-state index contributed by atoms with van der Waals surface area (Å²) in [5.74, 6) is -1.98. The normalized spacial score (nSPS) is 21.9. The van der Waals surface area contributed by atoms with Gasteiger partial charge in [0.05, 0.1) is 32.2 Å². The second-order valence-corrected chi connectivity index (χ2v) is 29.7. The highest BCUT2D eigenvalue weighted by Gasteiger charge is 2.48. The van der Waals surface area contributed by atoms with Crippen LogP contribution in [0.5, 0.6) is 0 Å². The van der Waals surface area contributed by atoms with E-state index in [-0.39, 0.29) is 72.8 Å². The minimum atomic E-state index is -1.97. The lowest BCUT2D eigenvalue weighted by atomic mass is 9.85. The third kappa shape index (κ3) is 14.4. The summed E-state index contributed by atoms with van der Waals surface area (Å²) >= 11 is 0. The number of likely N-dealkylation sites (tertiary alicyclic amines) is 1. The molecule has 80 heavy (non-hydrogen) atoms. The summed E-state index contributed by atoms with van der Waals surface area (Å²) in [6.45, 7) is 13.6. The number of benzene rings is 4. The molecule has 8 rings (SSSR count). The summed E-state index contributed by atoms with van der Waals surface area (Å²) in [7, 11) is 1.41. The smallest absolute Gasteiger partial charge is 0.251 e. The number of aryl methyl sites for hydroxylation is 4. The van der Waals surface area contributed by atoms with Crippen LogP contribution >= 0.6 is 0 Å². The summed E-state index contributed by atoms with van der Waals surface area (Å²) in [6, 6.07) is 27.3. The molecular formula is C63H85N9O7Si. The monoisotopic (exact) mass is 1110 g/mol. The van der Waals surface area contributed by atoms with Crippen molar-refractivity contribution < 1.29 is 33.6 Å². The number of amides is 7. The third-order valence-electron chi connectivity index (χ3n) is 16.9. The fourth-order valence-corrected chi connectivity index (χ4v) is 14.9. The molecule has 2 aliphatic carbocycles. The molecule has 2 fully saturated rings. The molecule has 0 spiro atoms. The van der Waals surface area contributed by atoms with Crippen molar-refractivity contribution in [1.82, 2.24) is 47.0 Å². The quantitative estimate of drug-likeness (QED) is 0.0566. The average molecular weight is 1110 g/mol. The molecule has 9 atom stereocenters. The van der Waals surface area contributed by atoms with E-state index in [4.69, 9.17) is 0 Å². The Morgan fingerprint density at radius 3 is 1.65 bits per heavy atom. The first-order valence-corrected chi connectivity index (χ1v) is 32.3. The molecule has 9 unspecified atom stereocenters. The molecule has 4 aliphatic rings. The summed E-state index contributed by atoms with van der Waals surface area (Å²) in [4.78, 5) is 102. The Bertz CT molecular complexity index is 2890. The largest absolute Gasteiger partial charge is 0.348 e. The predicted octanol–water partition coefficient (Wildman–Crippen LogP) is 5.79. The van der Waals surface area contributed by atoms with Gasteiger partial charge in [0.1, 0.15) is 24.2 Å². The molecule has 0 saturated carbocycles. The second-order valence-electron chi connectivity index (χ2n) is 24.7. The first-order chi connectivity index (χ1) is 38.1. The zero-order valence-electron chi connectivity index (χ0n) is 48.4. The zero-order chi connectivity index (χ0) is 57.5. The Kier molecular flexibility index (Phi) is 19.2. The average Bonchev–Trinajstić information content (AvgIpc) is 4.10. The van der Waals surface area contributed by atoms with Crippen molar-refractivity contribution in [3.8, 4) is 0 Å². The van der Waals surface area contributed by atoms with Gasteiger partial charge in [-0.1, -0.05) is 119 Å². The summed E-state index contributed by atoms with van der Waals surface area (Å²) in [5, 5.41) is 21.6. The Morgan fingerprint density at radius 1 is 0.613 bits per heavy atom. The Hall–Kier alpha value is -6.69. The number of nitrogens with zero attached hydrogens (tertiary/aromatic N) is 2. The molecule has 2 heterocycles. The molecule has 4 aromatic rings. The maximum atomic E-state index is 14.7. The van der Waals surface area contributed by atoms with Gasteiger partial charge in [-0.05, 0) is 148 Å². The fraction of sp³-hybridized carbons (Fsp3) is 0.508. The molecule has 7 amide bonds. The molecule has 428 valence electrons. The van der Waals surface area contributed by atoms with E-state index in [1.807, 2.05) is 87.5 Å². The number of carbonyl (C=O) groups is 7. The lowest BCUT2D eigenvalue weighted by Crippen LogP contribution is -2.59. The first kappa shape index (κ1) is 59.4. The van der Waals surface area contributed by atoms with Crippen LogP contribution in [0.4, 0.5) is 0 Å². The maximum absolute atomic E-state index is 14.7. The van der Waals surface area contributed by atoms with Crippen molar-refractivity contribution in [1.29, 1.82) is 0 Å². The van der Waals surface area contributed by atoms with Crippen molar-refractivity contribution in [2.75, 3.05) is 26.8 Å². The SMILES string of the molecule is CNC(C)C(=O)NC(Cc1ccc(CCc2ccc(C(=O)NC3CC(C(=O)NC4CCCc5ccccc54)N(C(=O)C(NC(=O)C(C)NC)C(C)(C)C)C3)cc2)cc1)C(=O)N1C[Si](C)(C)CC1C(=O)NC1CCCc2ccccc21. The lowest BCUT2D eigenvalue weighted by Gasteiger charge is -2.36. The van der Waals surface area contributed by atoms with E-state index in [2.05, 4.69) is 68.5 Å². The van der Waals surface area contributed by atoms with Gasteiger partial charge in [-0.15, -0.1) is 0 Å². The minimum absolute atomic E-state index is 0.0971. The number of hydrogen-bond acceptors (Lipinski definition) is 9. The molecule has 2 saturated heterocycles. The van der Waals surface area contributed by atoms with Crippen molar-refractivity contribution >= 4 is 49.4 Å². The Balaban J connectivity index is 0.899. The van der Waals surface area contributed by atoms with Gasteiger partial charge >= 0.3 is 0 Å². The Labute approximate surface area is 474 Å². The number of carbonyl (C=O) groups excluding carboxylic acids is 7. The summed E-state index contributed by atoms with van der Waals surface area (Å²) in [6.07, 6.45) is 7.87. The second kappa shape index (κ2) is 25.8. The van der Waals surface area contributed by atoms with Gasteiger partial charge < -0.3 is 47.0 Å². The minimum Gasteiger partial charge on any atom is -0.348 e. The van der Waals surface area contributed by atoms with Crippen LogP contribution in [0.3, 0.4) is 0 Å². The van der Waals surface area contributed by atoms with E-state index < -0.39 is 55.8 Å². The van der Waals surface area contributed by atoms with Gasteiger partial charge in [-0.3, -0.25) is 33.6 Å². The van der Waals surface area contributed by atoms with Gasteiger partial charge in [0.25, 0.3) is 5.91 Å². The maximum Gasteiger partial charge on any atom is 0.251 e.